The Hall–Kier alpha value is -2.49. The van der Waals surface area contributed by atoms with E-state index in [0.29, 0.717) is 17.8 Å². The highest BCUT2D eigenvalue weighted by Gasteiger charge is 2.46. The zero-order valence-corrected chi connectivity index (χ0v) is 16.7. The van der Waals surface area contributed by atoms with Gasteiger partial charge < -0.3 is 27.2 Å². The van der Waals surface area contributed by atoms with Crippen LogP contribution in [0, 0.1) is 10.8 Å². The zero-order valence-electron chi connectivity index (χ0n) is 16.0. The first-order valence-corrected chi connectivity index (χ1v) is 9.99. The van der Waals surface area contributed by atoms with E-state index in [1.807, 2.05) is 0 Å². The second-order valence-corrected chi connectivity index (χ2v) is 8.32. The second kappa shape index (κ2) is 7.40. The Balaban J connectivity index is 1.51. The lowest BCUT2D eigenvalue weighted by Gasteiger charge is -2.42. The number of rotatable bonds is 3. The Kier molecular flexibility index (Phi) is 5.05. The molecule has 3 heterocycles. The number of nitrogen functional groups attached to an aromatic ring is 2. The third kappa shape index (κ3) is 3.50. The predicted octanol–water partition coefficient (Wildman–Crippen LogP) is 1.17. The lowest BCUT2D eigenvalue weighted by Crippen LogP contribution is -2.47. The van der Waals surface area contributed by atoms with Crippen molar-refractivity contribution in [3.8, 4) is 0 Å². The van der Waals surface area contributed by atoms with Gasteiger partial charge in [-0.1, -0.05) is 11.6 Å². The van der Waals surface area contributed by atoms with Crippen LogP contribution in [0.2, 0.25) is 5.02 Å². The molecule has 2 fully saturated rings. The molecule has 2 unspecified atom stereocenters. The van der Waals surface area contributed by atoms with Gasteiger partial charge >= 0.3 is 0 Å². The third-order valence-corrected chi connectivity index (χ3v) is 6.64. The van der Waals surface area contributed by atoms with Gasteiger partial charge in [-0.25, -0.2) is 15.0 Å². The fourth-order valence-corrected chi connectivity index (χ4v) is 4.73. The Morgan fingerprint density at radius 2 is 1.97 bits per heavy atom. The standard InChI is InChI=1S/C19H25ClN8O/c20-14-11(1-4-25-17(14)23)15(22)16-18(24)27-13(9-26-16)28-5-2-19(3-6-28)8-10(29)7-12(19)21/h1,4,9-10,12,22,29H,2-3,5-8,21H2,(H2,23,25)(H2,24,27). The number of piperidine rings is 1. The molecule has 10 heteroatoms. The molecule has 2 aliphatic rings. The van der Waals surface area contributed by atoms with Crippen molar-refractivity contribution in [1.82, 2.24) is 15.0 Å². The van der Waals surface area contributed by atoms with Crippen LogP contribution in [0.4, 0.5) is 17.5 Å². The largest absolute Gasteiger partial charge is 0.393 e. The monoisotopic (exact) mass is 416 g/mol. The molecule has 29 heavy (non-hydrogen) atoms. The zero-order chi connectivity index (χ0) is 20.8. The summed E-state index contributed by atoms with van der Waals surface area (Å²) >= 11 is 6.17. The van der Waals surface area contributed by atoms with Crippen molar-refractivity contribution < 1.29 is 5.11 Å². The molecule has 1 aliphatic heterocycles. The third-order valence-electron chi connectivity index (χ3n) is 6.25. The molecule has 2 aromatic heterocycles. The first-order chi connectivity index (χ1) is 13.8. The van der Waals surface area contributed by atoms with Crippen molar-refractivity contribution >= 4 is 34.8 Å². The summed E-state index contributed by atoms with van der Waals surface area (Å²) in [5.41, 5.74) is 18.9. The summed E-state index contributed by atoms with van der Waals surface area (Å²) in [4.78, 5) is 14.9. The molecule has 2 aromatic rings. The van der Waals surface area contributed by atoms with E-state index in [2.05, 4.69) is 19.9 Å². The minimum atomic E-state index is -0.300. The molecule has 8 N–H and O–H groups in total. The van der Waals surface area contributed by atoms with Crippen LogP contribution in [0.25, 0.3) is 0 Å². The average Bonchev–Trinajstić information content (AvgIpc) is 2.96. The molecule has 0 aromatic carbocycles. The lowest BCUT2D eigenvalue weighted by molar-refractivity contribution is 0.141. The van der Waals surface area contributed by atoms with E-state index in [4.69, 9.17) is 34.2 Å². The number of pyridine rings is 1. The van der Waals surface area contributed by atoms with Crippen LogP contribution in [0.5, 0.6) is 0 Å². The van der Waals surface area contributed by atoms with Gasteiger partial charge in [0.25, 0.3) is 0 Å². The molecule has 1 saturated carbocycles. The molecule has 0 radical (unpaired) electrons. The van der Waals surface area contributed by atoms with Gasteiger partial charge in [-0.15, -0.1) is 0 Å². The van der Waals surface area contributed by atoms with Crippen molar-refractivity contribution in [1.29, 1.82) is 5.41 Å². The molecular formula is C19H25ClN8O. The SMILES string of the molecule is N=C(c1ccnc(N)c1Cl)c1ncc(N2CCC3(CC2)CC(O)CC3N)nc1N. The lowest BCUT2D eigenvalue weighted by atomic mass is 9.74. The van der Waals surface area contributed by atoms with Gasteiger partial charge in [0.05, 0.1) is 23.0 Å². The molecule has 9 nitrogen and oxygen atoms in total. The Bertz CT molecular complexity index is 944. The number of hydrogen-bond donors (Lipinski definition) is 5. The van der Waals surface area contributed by atoms with Crippen LogP contribution in [-0.4, -0.2) is 51.0 Å². The summed E-state index contributed by atoms with van der Waals surface area (Å²) < 4.78 is 0. The van der Waals surface area contributed by atoms with Gasteiger partial charge in [0.2, 0.25) is 0 Å². The van der Waals surface area contributed by atoms with Crippen LogP contribution in [-0.2, 0) is 0 Å². The fraction of sp³-hybridized carbons (Fsp3) is 0.474. The highest BCUT2D eigenvalue weighted by molar-refractivity contribution is 6.37. The van der Waals surface area contributed by atoms with Gasteiger partial charge in [0, 0.05) is 30.9 Å². The van der Waals surface area contributed by atoms with Gasteiger partial charge in [0.1, 0.15) is 17.3 Å². The molecule has 2 atom stereocenters. The molecule has 1 spiro atoms. The van der Waals surface area contributed by atoms with Gasteiger partial charge in [-0.3, -0.25) is 5.41 Å². The fourth-order valence-electron chi connectivity index (χ4n) is 4.52. The average molecular weight is 417 g/mol. The number of halogens is 1. The Labute approximate surface area is 173 Å². The maximum Gasteiger partial charge on any atom is 0.154 e. The number of aliphatic hydroxyl groups is 1. The molecule has 1 saturated heterocycles. The van der Waals surface area contributed by atoms with Gasteiger partial charge in [0.15, 0.2) is 5.82 Å². The number of hydrogen-bond acceptors (Lipinski definition) is 9. The summed E-state index contributed by atoms with van der Waals surface area (Å²) in [5.74, 6) is 0.975. The minimum Gasteiger partial charge on any atom is -0.393 e. The van der Waals surface area contributed by atoms with E-state index in [1.165, 1.54) is 6.20 Å². The van der Waals surface area contributed by atoms with Crippen LogP contribution in [0.15, 0.2) is 18.5 Å². The highest BCUT2D eigenvalue weighted by Crippen LogP contribution is 2.46. The van der Waals surface area contributed by atoms with E-state index in [0.717, 1.165) is 32.4 Å². The van der Waals surface area contributed by atoms with Crippen LogP contribution in [0.1, 0.15) is 36.9 Å². The molecule has 1 aliphatic carbocycles. The van der Waals surface area contributed by atoms with Gasteiger partial charge in [-0.05, 0) is 37.2 Å². The van der Waals surface area contributed by atoms with Crippen LogP contribution in [0.3, 0.4) is 0 Å². The summed E-state index contributed by atoms with van der Waals surface area (Å²) in [6, 6.07) is 1.63. The smallest absolute Gasteiger partial charge is 0.154 e. The van der Waals surface area contributed by atoms with Crippen LogP contribution >= 0.6 is 11.6 Å². The Morgan fingerprint density at radius 3 is 2.59 bits per heavy atom. The molecule has 4 rings (SSSR count). The predicted molar refractivity (Wildman–Crippen MR) is 113 cm³/mol. The van der Waals surface area contributed by atoms with Crippen molar-refractivity contribution in [3.63, 3.8) is 0 Å². The van der Waals surface area contributed by atoms with E-state index < -0.39 is 0 Å². The Morgan fingerprint density at radius 1 is 1.24 bits per heavy atom. The second-order valence-electron chi connectivity index (χ2n) is 7.94. The number of nitrogens with zero attached hydrogens (tertiary/aromatic N) is 4. The maximum absolute atomic E-state index is 9.98. The summed E-state index contributed by atoms with van der Waals surface area (Å²) in [5, 5.41) is 18.6. The van der Waals surface area contributed by atoms with E-state index in [9.17, 15) is 5.11 Å². The molecule has 0 amide bonds. The van der Waals surface area contributed by atoms with Crippen LogP contribution < -0.4 is 22.1 Å². The summed E-state index contributed by atoms with van der Waals surface area (Å²) in [7, 11) is 0. The van der Waals surface area contributed by atoms with Crippen molar-refractivity contribution in [2.24, 2.45) is 11.1 Å². The van der Waals surface area contributed by atoms with E-state index in [-0.39, 0.29) is 45.6 Å². The maximum atomic E-state index is 9.98. The van der Waals surface area contributed by atoms with Gasteiger partial charge in [-0.2, -0.15) is 0 Å². The summed E-state index contributed by atoms with van der Waals surface area (Å²) in [6.45, 7) is 1.55. The number of anilines is 3. The first kappa shape index (κ1) is 19.8. The first-order valence-electron chi connectivity index (χ1n) is 9.61. The number of nitrogens with one attached hydrogen (secondary N) is 1. The molecule has 0 bridgehead atoms. The van der Waals surface area contributed by atoms with E-state index >= 15 is 0 Å². The highest BCUT2D eigenvalue weighted by atomic mass is 35.5. The van der Waals surface area contributed by atoms with Crippen molar-refractivity contribution in [2.75, 3.05) is 29.5 Å². The molecule has 154 valence electrons. The normalized spacial score (nSPS) is 23.5. The number of nitrogens with two attached hydrogens (primary N) is 3. The molecular weight excluding hydrogens is 392 g/mol. The quantitative estimate of drug-likeness (QED) is 0.465. The van der Waals surface area contributed by atoms with E-state index in [1.54, 1.807) is 12.3 Å². The number of aliphatic hydroxyl groups excluding tert-OH is 1. The summed E-state index contributed by atoms with van der Waals surface area (Å²) in [6.07, 6.45) is 6.04. The van der Waals surface area contributed by atoms with Crippen molar-refractivity contribution in [3.05, 3.63) is 34.7 Å². The van der Waals surface area contributed by atoms with Crippen molar-refractivity contribution in [2.45, 2.75) is 37.8 Å². The topological polar surface area (TPSA) is 164 Å². The minimum absolute atomic E-state index is 0.00891. The number of aromatic nitrogens is 3.